The summed E-state index contributed by atoms with van der Waals surface area (Å²) in [5.74, 6) is 0.177. The van der Waals surface area contributed by atoms with Crippen LogP contribution in [0.5, 0.6) is 5.75 Å². The Bertz CT molecular complexity index is 983. The van der Waals surface area contributed by atoms with E-state index in [0.29, 0.717) is 5.56 Å². The molecule has 2 aromatic carbocycles. The zero-order valence-electron chi connectivity index (χ0n) is 13.4. The lowest BCUT2D eigenvalue weighted by Crippen LogP contribution is -2.17. The highest BCUT2D eigenvalue weighted by molar-refractivity contribution is 7.92. The second kappa shape index (κ2) is 6.42. The van der Waals surface area contributed by atoms with Crippen molar-refractivity contribution >= 4 is 25.7 Å². The van der Waals surface area contributed by atoms with E-state index in [1.807, 2.05) is 6.92 Å². The Morgan fingerprint density at radius 3 is 2.21 bits per heavy atom. The van der Waals surface area contributed by atoms with Gasteiger partial charge in [-0.05, 0) is 43.7 Å². The molecular weight excluding hydrogens is 352 g/mol. The summed E-state index contributed by atoms with van der Waals surface area (Å²) in [7, 11) is -6.55. The van der Waals surface area contributed by atoms with Crippen LogP contribution in [-0.4, -0.2) is 23.9 Å². The van der Waals surface area contributed by atoms with Gasteiger partial charge in [-0.15, -0.1) is 0 Å². The average molecular weight is 370 g/mol. The molecule has 0 amide bonds. The number of anilines is 1. The molecule has 0 heterocycles. The van der Waals surface area contributed by atoms with Crippen LogP contribution in [0.1, 0.15) is 11.1 Å². The van der Waals surface area contributed by atoms with Gasteiger partial charge in [0.25, 0.3) is 10.0 Å². The lowest BCUT2D eigenvalue weighted by Gasteiger charge is -2.14. The van der Waals surface area contributed by atoms with Crippen molar-refractivity contribution in [2.75, 3.05) is 11.8 Å². The minimum absolute atomic E-state index is 0.0102. The zero-order valence-corrected chi connectivity index (χ0v) is 15.0. The van der Waals surface area contributed by atoms with Crippen LogP contribution < -0.4 is 14.6 Å². The van der Waals surface area contributed by atoms with Crippen LogP contribution in [0, 0.1) is 13.8 Å². The van der Waals surface area contributed by atoms with Gasteiger partial charge in [-0.2, -0.15) is 0 Å². The van der Waals surface area contributed by atoms with E-state index in [0.717, 1.165) is 11.6 Å². The van der Waals surface area contributed by atoms with Crippen molar-refractivity contribution in [3.63, 3.8) is 0 Å². The molecule has 130 valence electrons. The van der Waals surface area contributed by atoms with Crippen molar-refractivity contribution in [3.8, 4) is 5.75 Å². The maximum Gasteiger partial charge on any atom is 0.262 e. The molecule has 9 heteroatoms. The van der Waals surface area contributed by atoms with Gasteiger partial charge in [0.2, 0.25) is 10.0 Å². The standard InChI is InChI=1S/C15H18N2O5S2/c1-10-4-7-15(11(2)8-10)24(20,21)17-13-9-12(23(16,18)19)5-6-14(13)22-3/h4-9,17H,1-3H3,(H2,16,18,19). The molecule has 2 aromatic rings. The number of ether oxygens (including phenoxy) is 1. The first-order valence-corrected chi connectivity index (χ1v) is 9.88. The highest BCUT2D eigenvalue weighted by atomic mass is 32.2. The first-order valence-electron chi connectivity index (χ1n) is 6.85. The second-order valence-corrected chi connectivity index (χ2v) is 8.49. The van der Waals surface area contributed by atoms with Crippen molar-refractivity contribution in [1.82, 2.24) is 0 Å². The van der Waals surface area contributed by atoms with Crippen molar-refractivity contribution in [1.29, 1.82) is 0 Å². The Kier molecular flexibility index (Phi) is 4.88. The van der Waals surface area contributed by atoms with Gasteiger partial charge in [0.1, 0.15) is 5.75 Å². The Morgan fingerprint density at radius 2 is 1.67 bits per heavy atom. The van der Waals surface area contributed by atoms with Crippen LogP contribution >= 0.6 is 0 Å². The van der Waals surface area contributed by atoms with Gasteiger partial charge < -0.3 is 4.74 Å². The smallest absolute Gasteiger partial charge is 0.262 e. The summed E-state index contributed by atoms with van der Waals surface area (Å²) < 4.78 is 55.6. The molecule has 0 spiro atoms. The summed E-state index contributed by atoms with van der Waals surface area (Å²) in [5.41, 5.74) is 1.49. The number of sulfonamides is 2. The number of methoxy groups -OCH3 is 1. The molecule has 24 heavy (non-hydrogen) atoms. The van der Waals surface area contributed by atoms with E-state index in [-0.39, 0.29) is 21.2 Å². The third kappa shape index (κ3) is 3.86. The summed E-state index contributed by atoms with van der Waals surface area (Å²) in [6.45, 7) is 3.54. The third-order valence-electron chi connectivity index (χ3n) is 3.36. The summed E-state index contributed by atoms with van der Waals surface area (Å²) in [6.07, 6.45) is 0. The predicted molar refractivity (Wildman–Crippen MR) is 91.1 cm³/mol. The van der Waals surface area contributed by atoms with Crippen molar-refractivity contribution in [2.24, 2.45) is 5.14 Å². The van der Waals surface area contributed by atoms with E-state index in [1.54, 1.807) is 19.1 Å². The minimum atomic E-state index is -3.97. The maximum atomic E-state index is 12.6. The van der Waals surface area contributed by atoms with E-state index in [4.69, 9.17) is 9.88 Å². The molecule has 0 aromatic heterocycles. The maximum absolute atomic E-state index is 12.6. The van der Waals surface area contributed by atoms with Crippen molar-refractivity contribution < 1.29 is 21.6 Å². The number of hydrogen-bond acceptors (Lipinski definition) is 5. The van der Waals surface area contributed by atoms with Gasteiger partial charge in [0, 0.05) is 0 Å². The van der Waals surface area contributed by atoms with Gasteiger partial charge in [-0.1, -0.05) is 17.7 Å². The van der Waals surface area contributed by atoms with E-state index >= 15 is 0 Å². The van der Waals surface area contributed by atoms with E-state index in [2.05, 4.69) is 4.72 Å². The quantitative estimate of drug-likeness (QED) is 0.832. The molecule has 0 radical (unpaired) electrons. The van der Waals surface area contributed by atoms with Gasteiger partial charge in [-0.25, -0.2) is 22.0 Å². The van der Waals surface area contributed by atoms with Crippen molar-refractivity contribution in [2.45, 2.75) is 23.6 Å². The molecule has 0 aliphatic carbocycles. The topological polar surface area (TPSA) is 116 Å². The van der Waals surface area contributed by atoms with Gasteiger partial charge in [-0.3, -0.25) is 4.72 Å². The number of nitrogens with two attached hydrogens (primary N) is 1. The highest BCUT2D eigenvalue weighted by Gasteiger charge is 2.20. The van der Waals surface area contributed by atoms with E-state index in [1.165, 1.54) is 25.3 Å². The number of primary sulfonamides is 1. The normalized spacial score (nSPS) is 12.0. The number of rotatable bonds is 5. The molecule has 2 rings (SSSR count). The molecule has 0 aliphatic heterocycles. The summed E-state index contributed by atoms with van der Waals surface area (Å²) in [4.78, 5) is -0.127. The average Bonchev–Trinajstić information content (AvgIpc) is 2.45. The third-order valence-corrected chi connectivity index (χ3v) is 5.80. The van der Waals surface area contributed by atoms with Gasteiger partial charge >= 0.3 is 0 Å². The molecule has 0 atom stereocenters. The minimum Gasteiger partial charge on any atom is -0.495 e. The summed E-state index contributed by atoms with van der Waals surface area (Å²) in [6, 6.07) is 8.60. The Morgan fingerprint density at radius 1 is 1.00 bits per heavy atom. The number of hydrogen-bond donors (Lipinski definition) is 2. The fourth-order valence-electron chi connectivity index (χ4n) is 2.24. The molecule has 0 saturated carbocycles. The fraction of sp³-hybridized carbons (Fsp3) is 0.200. The number of benzene rings is 2. The monoisotopic (exact) mass is 370 g/mol. The van der Waals surface area contributed by atoms with Crippen LogP contribution in [-0.2, 0) is 20.0 Å². The summed E-state index contributed by atoms with van der Waals surface area (Å²) >= 11 is 0. The first-order chi connectivity index (χ1) is 11.0. The van der Waals surface area contributed by atoms with Crippen LogP contribution in [0.15, 0.2) is 46.2 Å². The molecule has 3 N–H and O–H groups in total. The van der Waals surface area contributed by atoms with Crippen LogP contribution in [0.25, 0.3) is 0 Å². The second-order valence-electron chi connectivity index (χ2n) is 5.28. The molecule has 0 fully saturated rings. The Balaban J connectivity index is 2.53. The number of nitrogens with one attached hydrogen (secondary N) is 1. The molecule has 0 bridgehead atoms. The SMILES string of the molecule is COc1ccc(S(N)(=O)=O)cc1NS(=O)(=O)c1ccc(C)cc1C. The molecule has 0 saturated heterocycles. The zero-order chi connectivity index (χ0) is 18.1. The van der Waals surface area contributed by atoms with Crippen LogP contribution in [0.4, 0.5) is 5.69 Å². The predicted octanol–water partition coefficient (Wildman–Crippen LogP) is 1.76. The van der Waals surface area contributed by atoms with Crippen molar-refractivity contribution in [3.05, 3.63) is 47.5 Å². The van der Waals surface area contributed by atoms with Crippen LogP contribution in [0.2, 0.25) is 0 Å². The van der Waals surface area contributed by atoms with Gasteiger partial charge in [0.15, 0.2) is 0 Å². The molecular formula is C15H18N2O5S2. The Hall–Kier alpha value is -2.10. The largest absolute Gasteiger partial charge is 0.495 e. The first kappa shape index (κ1) is 18.2. The lowest BCUT2D eigenvalue weighted by molar-refractivity contribution is 0.416. The Labute approximate surface area is 141 Å². The molecule has 0 unspecified atom stereocenters. The summed E-state index contributed by atoms with van der Waals surface area (Å²) in [5, 5.41) is 5.09. The molecule has 7 nitrogen and oxygen atoms in total. The lowest BCUT2D eigenvalue weighted by atomic mass is 10.2. The fourth-order valence-corrected chi connectivity index (χ4v) is 4.07. The number of aryl methyl sites for hydroxylation is 2. The van der Waals surface area contributed by atoms with E-state index in [9.17, 15) is 16.8 Å². The highest BCUT2D eigenvalue weighted by Crippen LogP contribution is 2.30. The van der Waals surface area contributed by atoms with Crippen LogP contribution in [0.3, 0.4) is 0 Å². The van der Waals surface area contributed by atoms with E-state index < -0.39 is 20.0 Å². The molecule has 0 aliphatic rings. The van der Waals surface area contributed by atoms with Gasteiger partial charge in [0.05, 0.1) is 22.6 Å².